The van der Waals surface area contributed by atoms with Crippen molar-refractivity contribution in [2.45, 2.75) is 32.7 Å². The predicted octanol–water partition coefficient (Wildman–Crippen LogP) is 2.58. The summed E-state index contributed by atoms with van der Waals surface area (Å²) < 4.78 is 5.10. The van der Waals surface area contributed by atoms with Gasteiger partial charge in [-0.3, -0.25) is 9.59 Å². The Labute approximate surface area is 156 Å². The van der Waals surface area contributed by atoms with Crippen molar-refractivity contribution in [3.05, 3.63) is 52.3 Å². The highest BCUT2D eigenvalue weighted by Crippen LogP contribution is 2.27. The molecule has 0 spiro atoms. The fourth-order valence-electron chi connectivity index (χ4n) is 3.36. The van der Waals surface area contributed by atoms with Gasteiger partial charge in [-0.1, -0.05) is 12.1 Å². The summed E-state index contributed by atoms with van der Waals surface area (Å²) in [4.78, 5) is 40.2. The van der Waals surface area contributed by atoms with Crippen molar-refractivity contribution < 1.29 is 24.2 Å². The summed E-state index contributed by atoms with van der Waals surface area (Å²) >= 11 is 0. The number of benzene rings is 1. The molecule has 0 unspecified atom stereocenters. The lowest BCUT2D eigenvalue weighted by atomic mass is 9.94. The molecule has 0 aliphatic heterocycles. The Kier molecular flexibility index (Phi) is 5.30. The van der Waals surface area contributed by atoms with Gasteiger partial charge in [0, 0.05) is 31.3 Å². The number of Topliss-reactive ketones (excluding diaryl/α,β-unsaturated/α-hetero) is 1. The number of aryl methyl sites for hydroxylation is 1. The summed E-state index contributed by atoms with van der Waals surface area (Å²) in [6.45, 7) is 1.80. The second-order valence-corrected chi connectivity index (χ2v) is 6.74. The zero-order valence-corrected chi connectivity index (χ0v) is 15.4. The lowest BCUT2D eigenvalue weighted by Crippen LogP contribution is -2.27. The van der Waals surface area contributed by atoms with Gasteiger partial charge in [0.05, 0.1) is 0 Å². The van der Waals surface area contributed by atoms with Crippen LogP contribution in [0, 0.1) is 6.92 Å². The third-order valence-corrected chi connectivity index (χ3v) is 4.70. The van der Waals surface area contributed by atoms with Gasteiger partial charge in [-0.25, -0.2) is 4.79 Å². The Morgan fingerprint density at radius 3 is 2.56 bits per heavy atom. The lowest BCUT2D eigenvalue weighted by Gasteiger charge is -2.17. The first-order valence-corrected chi connectivity index (χ1v) is 8.80. The number of rotatable bonds is 6. The summed E-state index contributed by atoms with van der Waals surface area (Å²) in [6.07, 6.45) is 2.13. The van der Waals surface area contributed by atoms with Crippen molar-refractivity contribution in [3.63, 3.8) is 0 Å². The van der Waals surface area contributed by atoms with Crippen LogP contribution in [0.2, 0.25) is 0 Å². The smallest absolute Gasteiger partial charge is 0.341 e. The fourth-order valence-corrected chi connectivity index (χ4v) is 3.36. The van der Waals surface area contributed by atoms with Crippen molar-refractivity contribution in [2.75, 3.05) is 13.7 Å². The number of carbonyl (C=O) groups excluding carboxylic acids is 2. The minimum Gasteiger partial charge on any atom is -0.482 e. The number of nitrogens with zero attached hydrogens (tertiary/aromatic N) is 1. The van der Waals surface area contributed by atoms with Gasteiger partial charge in [-0.15, -0.1) is 0 Å². The Hall–Kier alpha value is -3.09. The molecule has 0 radical (unpaired) electrons. The topological polar surface area (TPSA) is 99.7 Å². The second kappa shape index (κ2) is 7.65. The molecule has 1 aromatic heterocycles. The van der Waals surface area contributed by atoms with Gasteiger partial charge in [-0.05, 0) is 43.0 Å². The van der Waals surface area contributed by atoms with E-state index in [0.29, 0.717) is 30.0 Å². The summed E-state index contributed by atoms with van der Waals surface area (Å²) in [7, 11) is 1.71. The number of aliphatic carboxylic acids is 1. The number of carbonyl (C=O) groups is 3. The minimum absolute atomic E-state index is 0.101. The number of H-pyrrole nitrogens is 1. The first-order valence-electron chi connectivity index (χ1n) is 8.80. The Morgan fingerprint density at radius 1 is 1.22 bits per heavy atom. The standard InChI is InChI=1S/C20H22N2O5/c1-12-18-15(4-3-5-16(18)23)21-19(12)20(26)22(2)10-13-6-8-14(9-7-13)27-11-17(24)25/h6-9,21H,3-5,10-11H2,1-2H3,(H,24,25). The number of fused-ring (bicyclic) bond motifs is 1. The first-order chi connectivity index (χ1) is 12.9. The van der Waals surface area contributed by atoms with Crippen LogP contribution in [-0.4, -0.2) is 46.3 Å². The van der Waals surface area contributed by atoms with Crippen LogP contribution < -0.4 is 4.74 Å². The average molecular weight is 370 g/mol. The molecule has 142 valence electrons. The highest BCUT2D eigenvalue weighted by molar-refractivity contribution is 6.04. The molecule has 27 heavy (non-hydrogen) atoms. The lowest BCUT2D eigenvalue weighted by molar-refractivity contribution is -0.139. The third-order valence-electron chi connectivity index (χ3n) is 4.70. The molecular formula is C20H22N2O5. The fraction of sp³-hybridized carbons (Fsp3) is 0.350. The van der Waals surface area contributed by atoms with Crippen LogP contribution in [-0.2, 0) is 17.8 Å². The van der Waals surface area contributed by atoms with Crippen molar-refractivity contribution >= 4 is 17.7 Å². The quantitative estimate of drug-likeness (QED) is 0.814. The van der Waals surface area contributed by atoms with Crippen LogP contribution in [0.25, 0.3) is 0 Å². The third kappa shape index (κ3) is 4.02. The molecular weight excluding hydrogens is 348 g/mol. The molecule has 1 aliphatic carbocycles. The maximum absolute atomic E-state index is 12.8. The van der Waals surface area contributed by atoms with Crippen LogP contribution in [0.5, 0.6) is 5.75 Å². The molecule has 0 saturated carbocycles. The van der Waals surface area contributed by atoms with Crippen molar-refractivity contribution in [1.29, 1.82) is 0 Å². The first kappa shape index (κ1) is 18.7. The number of hydrogen-bond acceptors (Lipinski definition) is 4. The number of aromatic amines is 1. The Morgan fingerprint density at radius 2 is 1.93 bits per heavy atom. The summed E-state index contributed by atoms with van der Waals surface area (Å²) in [5.41, 5.74) is 3.63. The number of carboxylic acids is 1. The van der Waals surface area contributed by atoms with Gasteiger partial charge in [0.1, 0.15) is 11.4 Å². The number of amides is 1. The molecule has 2 aromatic rings. The summed E-state index contributed by atoms with van der Waals surface area (Å²) in [5, 5.41) is 8.62. The van der Waals surface area contributed by atoms with Crippen LogP contribution >= 0.6 is 0 Å². The number of ether oxygens (including phenoxy) is 1. The normalized spacial score (nSPS) is 13.2. The van der Waals surface area contributed by atoms with Gasteiger partial charge < -0.3 is 19.7 Å². The Bertz CT molecular complexity index is 883. The van der Waals surface area contributed by atoms with E-state index in [1.807, 2.05) is 6.92 Å². The molecule has 0 atom stereocenters. The van der Waals surface area contributed by atoms with Gasteiger partial charge in [0.15, 0.2) is 12.4 Å². The molecule has 1 amide bonds. The van der Waals surface area contributed by atoms with E-state index in [-0.39, 0.29) is 11.7 Å². The Balaban J connectivity index is 1.69. The number of hydrogen-bond donors (Lipinski definition) is 2. The van der Waals surface area contributed by atoms with Gasteiger partial charge >= 0.3 is 5.97 Å². The zero-order chi connectivity index (χ0) is 19.6. The maximum Gasteiger partial charge on any atom is 0.341 e. The molecule has 0 saturated heterocycles. The second-order valence-electron chi connectivity index (χ2n) is 6.74. The molecule has 1 aliphatic rings. The molecule has 1 heterocycles. The molecule has 7 heteroatoms. The highest BCUT2D eigenvalue weighted by Gasteiger charge is 2.27. The number of ketones is 1. The number of aromatic nitrogens is 1. The molecule has 7 nitrogen and oxygen atoms in total. The van der Waals surface area contributed by atoms with Gasteiger partial charge in [0.25, 0.3) is 5.91 Å². The predicted molar refractivity (Wildman–Crippen MR) is 98.2 cm³/mol. The number of carboxylic acid groups (broad SMARTS) is 1. The van der Waals surface area contributed by atoms with E-state index < -0.39 is 12.6 Å². The van der Waals surface area contributed by atoms with Gasteiger partial charge in [-0.2, -0.15) is 0 Å². The van der Waals surface area contributed by atoms with Crippen LogP contribution in [0.1, 0.15) is 50.5 Å². The summed E-state index contributed by atoms with van der Waals surface area (Å²) in [6, 6.07) is 6.93. The van der Waals surface area contributed by atoms with Gasteiger partial charge in [0.2, 0.25) is 0 Å². The van der Waals surface area contributed by atoms with Crippen molar-refractivity contribution in [1.82, 2.24) is 9.88 Å². The zero-order valence-electron chi connectivity index (χ0n) is 15.4. The number of nitrogens with one attached hydrogen (secondary N) is 1. The van der Waals surface area contributed by atoms with E-state index in [1.165, 1.54) is 0 Å². The molecule has 0 fully saturated rings. The van der Waals surface area contributed by atoms with E-state index in [9.17, 15) is 14.4 Å². The minimum atomic E-state index is -1.04. The monoisotopic (exact) mass is 370 g/mol. The van der Waals surface area contributed by atoms with Crippen molar-refractivity contribution in [3.8, 4) is 5.75 Å². The largest absolute Gasteiger partial charge is 0.482 e. The maximum atomic E-state index is 12.8. The molecule has 0 bridgehead atoms. The van der Waals surface area contributed by atoms with E-state index in [4.69, 9.17) is 9.84 Å². The average Bonchev–Trinajstić information content (AvgIpc) is 2.98. The van der Waals surface area contributed by atoms with E-state index in [2.05, 4.69) is 4.98 Å². The van der Waals surface area contributed by atoms with Crippen LogP contribution in [0.15, 0.2) is 24.3 Å². The molecule has 2 N–H and O–H groups in total. The summed E-state index contributed by atoms with van der Waals surface area (Å²) in [5.74, 6) is -0.641. The molecule has 3 rings (SSSR count). The van der Waals surface area contributed by atoms with Crippen LogP contribution in [0.3, 0.4) is 0 Å². The van der Waals surface area contributed by atoms with E-state index >= 15 is 0 Å². The SMILES string of the molecule is Cc1c(C(=O)N(C)Cc2ccc(OCC(=O)O)cc2)[nH]c2c1C(=O)CCC2. The van der Waals surface area contributed by atoms with E-state index in [1.54, 1.807) is 36.2 Å². The van der Waals surface area contributed by atoms with Crippen LogP contribution in [0.4, 0.5) is 0 Å². The molecule has 1 aromatic carbocycles. The van der Waals surface area contributed by atoms with E-state index in [0.717, 1.165) is 29.7 Å². The highest BCUT2D eigenvalue weighted by atomic mass is 16.5. The van der Waals surface area contributed by atoms with Crippen molar-refractivity contribution in [2.24, 2.45) is 0 Å².